The van der Waals surface area contributed by atoms with E-state index < -0.39 is 10.9 Å². The maximum Gasteiger partial charge on any atom is 0.305 e. The Kier molecular flexibility index (Phi) is 9.34. The summed E-state index contributed by atoms with van der Waals surface area (Å²) in [5.41, 5.74) is 4.50. The lowest BCUT2D eigenvalue weighted by Gasteiger charge is -2.26. The highest BCUT2D eigenvalue weighted by Gasteiger charge is 2.33. The second-order valence-electron chi connectivity index (χ2n) is 11.3. The standard InChI is InChI=1S/C33H36N4O6/c38-31(39)16-19-36(33(41)25-8-9-25)22-23-6-5-7-26(20-23)27-12-15-30(35-17-3-1-2-4-18-35)29(21-27)34-32(40)24-10-13-28(14-11-24)37(42)43/h5-7,10-15,20-21,25H,1-4,8-9,16-19,22H2,(H,34,40)(H,38,39). The fourth-order valence-electron chi connectivity index (χ4n) is 5.49. The minimum Gasteiger partial charge on any atom is -0.481 e. The fraction of sp³-hybridized carbons (Fsp3) is 0.364. The highest BCUT2D eigenvalue weighted by atomic mass is 16.6. The molecule has 0 spiro atoms. The summed E-state index contributed by atoms with van der Waals surface area (Å²) in [5, 5.41) is 23.3. The second-order valence-corrected chi connectivity index (χ2v) is 11.3. The van der Waals surface area contributed by atoms with Gasteiger partial charge in [-0.3, -0.25) is 24.5 Å². The summed E-state index contributed by atoms with van der Waals surface area (Å²) in [7, 11) is 0. The average Bonchev–Trinajstić information content (AvgIpc) is 3.87. The molecule has 0 radical (unpaired) electrons. The second kappa shape index (κ2) is 13.5. The Labute approximate surface area is 250 Å². The van der Waals surface area contributed by atoms with E-state index in [4.69, 9.17) is 0 Å². The van der Waals surface area contributed by atoms with Crippen LogP contribution < -0.4 is 10.2 Å². The highest BCUT2D eigenvalue weighted by Crippen LogP contribution is 2.35. The Bertz CT molecular complexity index is 1490. The third-order valence-electron chi connectivity index (χ3n) is 8.00. The van der Waals surface area contributed by atoms with Crippen molar-refractivity contribution < 1.29 is 24.4 Å². The minimum atomic E-state index is -0.935. The van der Waals surface area contributed by atoms with Crippen LogP contribution in [0.5, 0.6) is 0 Å². The molecule has 1 aliphatic carbocycles. The van der Waals surface area contributed by atoms with Gasteiger partial charge < -0.3 is 20.2 Å². The summed E-state index contributed by atoms with van der Waals surface area (Å²) in [5.74, 6) is -1.30. The predicted molar refractivity (Wildman–Crippen MR) is 164 cm³/mol. The number of rotatable bonds is 11. The van der Waals surface area contributed by atoms with E-state index in [0.717, 1.165) is 61.2 Å². The normalized spacial score (nSPS) is 14.9. The lowest BCUT2D eigenvalue weighted by molar-refractivity contribution is -0.384. The van der Waals surface area contributed by atoms with Gasteiger partial charge in [-0.05, 0) is 72.7 Å². The van der Waals surface area contributed by atoms with Gasteiger partial charge in [0, 0.05) is 49.8 Å². The molecular formula is C33H36N4O6. The minimum absolute atomic E-state index is 0.00435. The molecule has 10 nitrogen and oxygen atoms in total. The number of carbonyl (C=O) groups is 3. The van der Waals surface area contributed by atoms with Crippen molar-refractivity contribution in [2.75, 3.05) is 29.9 Å². The molecule has 3 aromatic carbocycles. The zero-order chi connectivity index (χ0) is 30.3. The van der Waals surface area contributed by atoms with Crippen molar-refractivity contribution in [2.24, 2.45) is 5.92 Å². The van der Waals surface area contributed by atoms with Gasteiger partial charge in [0.05, 0.1) is 22.7 Å². The number of anilines is 2. The number of benzene rings is 3. The van der Waals surface area contributed by atoms with E-state index in [1.165, 1.54) is 37.1 Å². The van der Waals surface area contributed by atoms with Crippen LogP contribution in [0.2, 0.25) is 0 Å². The molecule has 2 aliphatic rings. The van der Waals surface area contributed by atoms with Crippen LogP contribution in [0, 0.1) is 16.0 Å². The highest BCUT2D eigenvalue weighted by molar-refractivity contribution is 6.06. The van der Waals surface area contributed by atoms with Crippen LogP contribution >= 0.6 is 0 Å². The summed E-state index contributed by atoms with van der Waals surface area (Å²) in [6, 6.07) is 19.3. The van der Waals surface area contributed by atoms with E-state index in [-0.39, 0.29) is 36.4 Å². The van der Waals surface area contributed by atoms with Gasteiger partial charge in [0.2, 0.25) is 5.91 Å². The molecule has 0 bridgehead atoms. The first-order valence-corrected chi connectivity index (χ1v) is 14.8. The van der Waals surface area contributed by atoms with Crippen LogP contribution in [-0.4, -0.2) is 52.3 Å². The number of carboxylic acids is 1. The third kappa shape index (κ3) is 7.77. The van der Waals surface area contributed by atoms with E-state index in [1.54, 1.807) is 4.90 Å². The SMILES string of the molecule is O=C(O)CCN(Cc1cccc(-c2ccc(N3CCCCCC3)c(NC(=O)c3ccc([N+](=O)[O-])cc3)c2)c1)C(=O)C1CC1. The molecule has 2 amide bonds. The van der Waals surface area contributed by atoms with Gasteiger partial charge >= 0.3 is 5.97 Å². The van der Waals surface area contributed by atoms with Gasteiger partial charge in [0.1, 0.15) is 0 Å². The number of nitro benzene ring substituents is 1. The molecule has 1 heterocycles. The molecule has 1 saturated carbocycles. The van der Waals surface area contributed by atoms with E-state index in [9.17, 15) is 29.6 Å². The molecule has 0 atom stereocenters. The Morgan fingerprint density at radius 3 is 2.28 bits per heavy atom. The van der Waals surface area contributed by atoms with Crippen LogP contribution in [0.15, 0.2) is 66.7 Å². The molecule has 1 saturated heterocycles. The van der Waals surface area contributed by atoms with E-state index in [0.29, 0.717) is 17.8 Å². The molecule has 1 aliphatic heterocycles. The first kappa shape index (κ1) is 29.8. The quantitative estimate of drug-likeness (QED) is 0.205. The average molecular weight is 585 g/mol. The number of nitrogens with zero attached hydrogens (tertiary/aromatic N) is 3. The summed E-state index contributed by atoms with van der Waals surface area (Å²) in [6.45, 7) is 2.26. The lowest BCUT2D eigenvalue weighted by atomic mass is 10.0. The van der Waals surface area contributed by atoms with Gasteiger partial charge in [0.25, 0.3) is 11.6 Å². The predicted octanol–water partition coefficient (Wildman–Crippen LogP) is 6.11. The first-order valence-electron chi connectivity index (χ1n) is 14.8. The number of nitrogens with one attached hydrogen (secondary N) is 1. The molecule has 2 fully saturated rings. The molecular weight excluding hydrogens is 548 g/mol. The van der Waals surface area contributed by atoms with E-state index in [1.807, 2.05) is 42.5 Å². The van der Waals surface area contributed by atoms with Crippen molar-refractivity contribution in [3.8, 4) is 11.1 Å². The van der Waals surface area contributed by atoms with Crippen molar-refractivity contribution in [1.29, 1.82) is 0 Å². The molecule has 0 aromatic heterocycles. The number of hydrogen-bond acceptors (Lipinski definition) is 6. The fourth-order valence-corrected chi connectivity index (χ4v) is 5.49. The van der Waals surface area contributed by atoms with Crippen LogP contribution in [0.4, 0.5) is 17.1 Å². The molecule has 5 rings (SSSR count). The maximum absolute atomic E-state index is 13.3. The van der Waals surface area contributed by atoms with Crippen molar-refractivity contribution in [1.82, 2.24) is 4.90 Å². The largest absolute Gasteiger partial charge is 0.481 e. The van der Waals surface area contributed by atoms with Crippen LogP contribution in [-0.2, 0) is 16.1 Å². The zero-order valence-corrected chi connectivity index (χ0v) is 24.0. The Morgan fingerprint density at radius 2 is 1.63 bits per heavy atom. The number of nitro groups is 1. The number of carbonyl (C=O) groups excluding carboxylic acids is 2. The monoisotopic (exact) mass is 584 g/mol. The molecule has 10 heteroatoms. The van der Waals surface area contributed by atoms with Gasteiger partial charge in [-0.1, -0.05) is 37.1 Å². The molecule has 3 aromatic rings. The summed E-state index contributed by atoms with van der Waals surface area (Å²) in [4.78, 5) is 51.8. The topological polar surface area (TPSA) is 133 Å². The van der Waals surface area contributed by atoms with Gasteiger partial charge in [-0.15, -0.1) is 0 Å². The van der Waals surface area contributed by atoms with Crippen molar-refractivity contribution in [2.45, 2.75) is 51.5 Å². The number of aliphatic carboxylic acids is 1. The molecule has 43 heavy (non-hydrogen) atoms. The first-order chi connectivity index (χ1) is 20.8. The number of hydrogen-bond donors (Lipinski definition) is 2. The summed E-state index contributed by atoms with van der Waals surface area (Å²) >= 11 is 0. The van der Waals surface area contributed by atoms with Crippen LogP contribution in [0.25, 0.3) is 11.1 Å². The van der Waals surface area contributed by atoms with Gasteiger partial charge in [-0.2, -0.15) is 0 Å². The number of amides is 2. The molecule has 2 N–H and O–H groups in total. The van der Waals surface area contributed by atoms with Crippen molar-refractivity contribution in [3.05, 3.63) is 88.0 Å². The summed E-state index contributed by atoms with van der Waals surface area (Å²) in [6.07, 6.45) is 6.06. The van der Waals surface area contributed by atoms with Crippen LogP contribution in [0.1, 0.15) is 60.9 Å². The Hall–Kier alpha value is -4.73. The number of carboxylic acid groups (broad SMARTS) is 1. The smallest absolute Gasteiger partial charge is 0.305 e. The van der Waals surface area contributed by atoms with Gasteiger partial charge in [-0.25, -0.2) is 0 Å². The van der Waals surface area contributed by atoms with E-state index in [2.05, 4.69) is 10.2 Å². The number of non-ortho nitro benzene ring substituents is 1. The van der Waals surface area contributed by atoms with Crippen molar-refractivity contribution in [3.63, 3.8) is 0 Å². The van der Waals surface area contributed by atoms with Crippen molar-refractivity contribution >= 4 is 34.8 Å². The maximum atomic E-state index is 13.3. The molecule has 224 valence electrons. The lowest BCUT2D eigenvalue weighted by Crippen LogP contribution is -2.33. The summed E-state index contributed by atoms with van der Waals surface area (Å²) < 4.78 is 0. The molecule has 0 unspecified atom stereocenters. The zero-order valence-electron chi connectivity index (χ0n) is 24.0. The Balaban J connectivity index is 1.42. The van der Waals surface area contributed by atoms with E-state index >= 15 is 0 Å². The van der Waals surface area contributed by atoms with Gasteiger partial charge in [0.15, 0.2) is 0 Å². The Morgan fingerprint density at radius 1 is 0.930 bits per heavy atom. The van der Waals surface area contributed by atoms with Crippen LogP contribution in [0.3, 0.4) is 0 Å². The third-order valence-corrected chi connectivity index (χ3v) is 8.00.